The topological polar surface area (TPSA) is 37.3 Å². The van der Waals surface area contributed by atoms with Crippen LogP contribution in [0.4, 0.5) is 0 Å². The maximum atomic E-state index is 11.2. The van der Waals surface area contributed by atoms with Gasteiger partial charge in [0.1, 0.15) is 6.29 Å². The highest BCUT2D eigenvalue weighted by atomic mass is 16.3. The van der Waals surface area contributed by atoms with Crippen LogP contribution in [0.15, 0.2) is 23.8 Å². The predicted octanol–water partition coefficient (Wildman–Crippen LogP) is 4.29. The zero-order valence-corrected chi connectivity index (χ0v) is 14.3. The monoisotopic (exact) mass is 302 g/mol. The summed E-state index contributed by atoms with van der Waals surface area (Å²) in [6.07, 6.45) is 9.09. The molecule has 122 valence electrons. The predicted molar refractivity (Wildman–Crippen MR) is 89.4 cm³/mol. The van der Waals surface area contributed by atoms with E-state index in [0.717, 1.165) is 37.5 Å². The molecule has 5 unspecified atom stereocenters. The van der Waals surface area contributed by atoms with E-state index < -0.39 is 0 Å². The number of aliphatic hydroxyl groups excluding tert-OH is 1. The normalized spacial score (nSPS) is 44.4. The van der Waals surface area contributed by atoms with Gasteiger partial charge in [0.25, 0.3) is 0 Å². The highest BCUT2D eigenvalue weighted by Gasteiger charge is 2.57. The Morgan fingerprint density at radius 3 is 2.68 bits per heavy atom. The van der Waals surface area contributed by atoms with E-state index in [1.165, 1.54) is 18.4 Å². The lowest BCUT2D eigenvalue weighted by atomic mass is 9.45. The van der Waals surface area contributed by atoms with E-state index in [-0.39, 0.29) is 16.9 Å². The number of aliphatic hydroxyl groups is 1. The summed E-state index contributed by atoms with van der Waals surface area (Å²) in [4.78, 5) is 11.2. The highest BCUT2D eigenvalue weighted by molar-refractivity contribution is 5.74. The Labute approximate surface area is 134 Å². The van der Waals surface area contributed by atoms with Crippen LogP contribution in [-0.4, -0.2) is 17.5 Å². The van der Waals surface area contributed by atoms with Crippen molar-refractivity contribution < 1.29 is 9.90 Å². The molecule has 0 heterocycles. The second-order valence-corrected chi connectivity index (χ2v) is 8.69. The van der Waals surface area contributed by atoms with Crippen LogP contribution < -0.4 is 0 Å². The second-order valence-electron chi connectivity index (χ2n) is 8.69. The van der Waals surface area contributed by atoms with Gasteiger partial charge in [-0.25, -0.2) is 0 Å². The third kappa shape index (κ3) is 2.22. The molecular formula is C20H30O2. The zero-order valence-electron chi connectivity index (χ0n) is 14.3. The maximum absolute atomic E-state index is 11.2. The summed E-state index contributed by atoms with van der Waals surface area (Å²) in [5, 5.41) is 10.5. The molecule has 0 saturated heterocycles. The number of allylic oxidation sites excluding steroid dienone is 3. The summed E-state index contributed by atoms with van der Waals surface area (Å²) < 4.78 is 0. The van der Waals surface area contributed by atoms with Crippen molar-refractivity contribution in [1.82, 2.24) is 0 Å². The van der Waals surface area contributed by atoms with Crippen molar-refractivity contribution in [3.63, 3.8) is 0 Å². The van der Waals surface area contributed by atoms with Gasteiger partial charge >= 0.3 is 0 Å². The first-order chi connectivity index (χ1) is 10.3. The Morgan fingerprint density at radius 1 is 1.27 bits per heavy atom. The number of aldehydes is 1. The summed E-state index contributed by atoms with van der Waals surface area (Å²) in [6.45, 7) is 11.3. The van der Waals surface area contributed by atoms with E-state index in [9.17, 15) is 9.90 Å². The minimum Gasteiger partial charge on any atom is -0.393 e. The van der Waals surface area contributed by atoms with Crippen molar-refractivity contribution in [2.45, 2.75) is 65.4 Å². The van der Waals surface area contributed by atoms with E-state index in [1.54, 1.807) is 0 Å². The van der Waals surface area contributed by atoms with Gasteiger partial charge in [0.2, 0.25) is 0 Å². The smallest absolute Gasteiger partial charge is 0.146 e. The van der Waals surface area contributed by atoms with Crippen molar-refractivity contribution >= 4 is 6.29 Å². The molecule has 0 aliphatic heterocycles. The van der Waals surface area contributed by atoms with E-state index in [2.05, 4.69) is 33.4 Å². The molecule has 3 rings (SSSR count). The SMILES string of the molecule is C=C1CC(C=O)=CCC2C1CCC1C(C)(C)C(O)CCC21C. The molecule has 2 saturated carbocycles. The van der Waals surface area contributed by atoms with Gasteiger partial charge in [0.05, 0.1) is 6.10 Å². The second kappa shape index (κ2) is 5.33. The fourth-order valence-electron chi connectivity index (χ4n) is 5.98. The van der Waals surface area contributed by atoms with Gasteiger partial charge in [-0.2, -0.15) is 0 Å². The summed E-state index contributed by atoms with van der Waals surface area (Å²) in [6, 6.07) is 0. The fraction of sp³-hybridized carbons (Fsp3) is 0.750. The molecule has 3 aliphatic carbocycles. The fourth-order valence-corrected chi connectivity index (χ4v) is 5.98. The van der Waals surface area contributed by atoms with Crippen LogP contribution in [0.2, 0.25) is 0 Å². The first-order valence-electron chi connectivity index (χ1n) is 8.80. The van der Waals surface area contributed by atoms with Gasteiger partial charge < -0.3 is 5.11 Å². The Bertz CT molecular complexity index is 516. The van der Waals surface area contributed by atoms with Gasteiger partial charge in [-0.05, 0) is 72.7 Å². The number of carbonyl (C=O) groups excluding carboxylic acids is 1. The average molecular weight is 302 g/mol. The van der Waals surface area contributed by atoms with Crippen molar-refractivity contribution in [3.8, 4) is 0 Å². The third-order valence-electron chi connectivity index (χ3n) is 7.35. The van der Waals surface area contributed by atoms with E-state index in [0.29, 0.717) is 17.8 Å². The molecule has 3 aliphatic rings. The zero-order chi connectivity index (χ0) is 16.1. The average Bonchev–Trinajstić information content (AvgIpc) is 2.63. The van der Waals surface area contributed by atoms with E-state index in [1.807, 2.05) is 0 Å². The molecule has 2 heteroatoms. The first-order valence-corrected chi connectivity index (χ1v) is 8.80. The van der Waals surface area contributed by atoms with Crippen molar-refractivity contribution in [2.75, 3.05) is 0 Å². The molecule has 0 bridgehead atoms. The molecule has 0 amide bonds. The molecule has 0 aromatic carbocycles. The largest absolute Gasteiger partial charge is 0.393 e. The molecule has 0 aromatic rings. The van der Waals surface area contributed by atoms with Crippen LogP contribution in [0.25, 0.3) is 0 Å². The lowest BCUT2D eigenvalue weighted by molar-refractivity contribution is -0.145. The molecule has 2 fully saturated rings. The molecule has 5 atom stereocenters. The Balaban J connectivity index is 1.98. The summed E-state index contributed by atoms with van der Waals surface area (Å²) in [7, 11) is 0. The van der Waals surface area contributed by atoms with Crippen LogP contribution >= 0.6 is 0 Å². The van der Waals surface area contributed by atoms with Gasteiger partial charge in [-0.1, -0.05) is 39.0 Å². The lowest BCUT2D eigenvalue weighted by Gasteiger charge is -2.60. The van der Waals surface area contributed by atoms with Crippen molar-refractivity contribution in [2.24, 2.45) is 28.6 Å². The molecule has 2 nitrogen and oxygen atoms in total. The summed E-state index contributed by atoms with van der Waals surface area (Å²) >= 11 is 0. The van der Waals surface area contributed by atoms with Crippen LogP contribution in [0.5, 0.6) is 0 Å². The Morgan fingerprint density at radius 2 is 2.00 bits per heavy atom. The maximum Gasteiger partial charge on any atom is 0.146 e. The van der Waals surface area contributed by atoms with E-state index in [4.69, 9.17) is 0 Å². The van der Waals surface area contributed by atoms with Gasteiger partial charge in [-0.3, -0.25) is 4.79 Å². The molecule has 0 spiro atoms. The standard InChI is InChI=1S/C20H30O2/c1-13-11-14(12-21)5-7-16-15(13)6-8-17-19(2,3)18(22)9-10-20(16,17)4/h5,12,15-18,22H,1,6-11H2,2-4H3. The van der Waals surface area contributed by atoms with Crippen LogP contribution in [0.3, 0.4) is 0 Å². The van der Waals surface area contributed by atoms with Gasteiger partial charge in [0, 0.05) is 0 Å². The van der Waals surface area contributed by atoms with Crippen LogP contribution in [-0.2, 0) is 4.79 Å². The van der Waals surface area contributed by atoms with E-state index >= 15 is 0 Å². The third-order valence-corrected chi connectivity index (χ3v) is 7.35. The molecule has 1 N–H and O–H groups in total. The summed E-state index contributed by atoms with van der Waals surface area (Å²) in [5.74, 6) is 1.67. The number of carbonyl (C=O) groups is 1. The van der Waals surface area contributed by atoms with Gasteiger partial charge in [0.15, 0.2) is 0 Å². The summed E-state index contributed by atoms with van der Waals surface area (Å²) in [5.41, 5.74) is 2.41. The number of hydrogen-bond donors (Lipinski definition) is 1. The Kier molecular flexibility index (Phi) is 3.87. The molecular weight excluding hydrogens is 272 g/mol. The molecule has 0 aromatic heterocycles. The lowest BCUT2D eigenvalue weighted by Crippen LogP contribution is -2.56. The molecule has 0 radical (unpaired) electrons. The molecule has 22 heavy (non-hydrogen) atoms. The minimum atomic E-state index is -0.183. The van der Waals surface area contributed by atoms with Gasteiger partial charge in [-0.15, -0.1) is 0 Å². The first kappa shape index (κ1) is 16.0. The number of rotatable bonds is 1. The van der Waals surface area contributed by atoms with Crippen molar-refractivity contribution in [3.05, 3.63) is 23.8 Å². The quantitative estimate of drug-likeness (QED) is 0.579. The number of hydrogen-bond acceptors (Lipinski definition) is 2. The van der Waals surface area contributed by atoms with Crippen molar-refractivity contribution in [1.29, 1.82) is 0 Å². The van der Waals surface area contributed by atoms with Crippen LogP contribution in [0, 0.1) is 28.6 Å². The Hall–Kier alpha value is -0.890. The number of fused-ring (bicyclic) bond motifs is 3. The minimum absolute atomic E-state index is 0.0111. The van der Waals surface area contributed by atoms with Crippen LogP contribution in [0.1, 0.15) is 59.3 Å². The highest BCUT2D eigenvalue weighted by Crippen LogP contribution is 2.63.